The molecular weight excluding hydrogens is 368 g/mol. The summed E-state index contributed by atoms with van der Waals surface area (Å²) in [6.07, 6.45) is 1.20. The lowest BCUT2D eigenvalue weighted by Crippen LogP contribution is -2.30. The van der Waals surface area contributed by atoms with E-state index in [0.717, 1.165) is 11.0 Å². The molecule has 5 N–H and O–H groups in total. The fraction of sp³-hybridized carbons (Fsp3) is 0.571. The van der Waals surface area contributed by atoms with Crippen molar-refractivity contribution < 1.29 is 19.4 Å². The van der Waals surface area contributed by atoms with Gasteiger partial charge in [-0.05, 0) is 40.9 Å². The van der Waals surface area contributed by atoms with Crippen molar-refractivity contribution in [3.8, 4) is 0 Å². The molecule has 2 fully saturated rings. The van der Waals surface area contributed by atoms with Gasteiger partial charge in [-0.25, -0.2) is 4.79 Å². The molecule has 1 saturated heterocycles. The fourth-order valence-corrected chi connectivity index (χ4v) is 2.84. The summed E-state index contributed by atoms with van der Waals surface area (Å²) in [5, 5.41) is 12.1. The molecule has 3 amide bonds. The van der Waals surface area contributed by atoms with Crippen molar-refractivity contribution in [3.63, 3.8) is 0 Å². The number of aliphatic hydroxyl groups is 1. The minimum absolute atomic E-state index is 0.00750. The van der Waals surface area contributed by atoms with Crippen LogP contribution in [0.1, 0.15) is 23.3 Å². The number of carbonyl (C=O) groups excluding carboxylic acids is 2. The Morgan fingerprint density at radius 2 is 2.04 bits per heavy atom. The summed E-state index contributed by atoms with van der Waals surface area (Å²) in [6.45, 7) is 0. The first-order valence-electron chi connectivity index (χ1n) is 7.06. The molecule has 1 aromatic rings. The normalized spacial score (nSPS) is 24.8. The third kappa shape index (κ3) is 5.52. The number of hydrogen-bond acceptors (Lipinski definition) is 4. The number of nitrogens with zero attached hydrogens (tertiary/aromatic N) is 1. The van der Waals surface area contributed by atoms with Crippen molar-refractivity contribution in [2.75, 3.05) is 21.3 Å². The zero-order chi connectivity index (χ0) is 17.6. The van der Waals surface area contributed by atoms with Crippen molar-refractivity contribution in [2.45, 2.75) is 31.0 Å². The molecule has 1 aliphatic carbocycles. The standard InChI is InChI=1S/C7H12N2O2.C5H5BrN2O.C2H6O/c1-9-6-3-4(10)2-5(6)8-7(9)11;6-4-2-1-3(8-4)5(7)9;1-3-2/h4-6,10H,2-3H2,1H3,(H,8,11);1-2,8H,(H2,7,9);1-2H3/t4-,5?,6?;;/m1../s1. The summed E-state index contributed by atoms with van der Waals surface area (Å²) in [5.74, 6) is -0.444. The predicted octanol–water partition coefficient (Wildman–Crippen LogP) is 0.672. The number of primary amides is 1. The first-order chi connectivity index (χ1) is 10.8. The Labute approximate surface area is 143 Å². The largest absolute Gasteiger partial charge is 0.393 e. The minimum Gasteiger partial charge on any atom is -0.393 e. The van der Waals surface area contributed by atoms with Gasteiger partial charge < -0.3 is 30.8 Å². The van der Waals surface area contributed by atoms with Crippen LogP contribution in [0.4, 0.5) is 4.79 Å². The number of hydrogen-bond donors (Lipinski definition) is 4. The Kier molecular flexibility index (Phi) is 7.53. The molecule has 0 bridgehead atoms. The highest BCUT2D eigenvalue weighted by Gasteiger charge is 2.43. The number of likely N-dealkylation sites (N-methyl/N-ethyl adjacent to an activating group) is 1. The van der Waals surface area contributed by atoms with Gasteiger partial charge in [0.25, 0.3) is 5.91 Å². The fourth-order valence-electron chi connectivity index (χ4n) is 2.50. The number of ether oxygens (including phenoxy) is 1. The van der Waals surface area contributed by atoms with Gasteiger partial charge in [-0.2, -0.15) is 0 Å². The highest BCUT2D eigenvalue weighted by atomic mass is 79.9. The van der Waals surface area contributed by atoms with Crippen LogP contribution >= 0.6 is 15.9 Å². The van der Waals surface area contributed by atoms with E-state index in [1.54, 1.807) is 38.3 Å². The summed E-state index contributed by atoms with van der Waals surface area (Å²) < 4.78 is 5.01. The molecule has 8 nitrogen and oxygen atoms in total. The number of halogens is 1. The zero-order valence-corrected chi connectivity index (χ0v) is 15.0. The van der Waals surface area contributed by atoms with Crippen LogP contribution in [0.3, 0.4) is 0 Å². The minimum atomic E-state index is -0.444. The van der Waals surface area contributed by atoms with Crippen LogP contribution in [0.15, 0.2) is 16.7 Å². The number of aliphatic hydroxyl groups excluding tert-OH is 1. The van der Waals surface area contributed by atoms with Crippen LogP contribution in [-0.4, -0.2) is 66.4 Å². The maximum atomic E-state index is 11.0. The van der Waals surface area contributed by atoms with Gasteiger partial charge in [0.2, 0.25) is 0 Å². The number of methoxy groups -OCH3 is 1. The number of nitrogens with one attached hydrogen (secondary N) is 2. The molecule has 2 heterocycles. The third-order valence-electron chi connectivity index (χ3n) is 3.55. The van der Waals surface area contributed by atoms with Gasteiger partial charge in [-0.3, -0.25) is 4.79 Å². The number of aromatic amines is 1. The molecule has 2 unspecified atom stereocenters. The van der Waals surface area contributed by atoms with E-state index in [1.807, 2.05) is 0 Å². The lowest BCUT2D eigenvalue weighted by Gasteiger charge is -2.15. The molecule has 3 atom stereocenters. The smallest absolute Gasteiger partial charge is 0.317 e. The maximum Gasteiger partial charge on any atom is 0.317 e. The number of carbonyl (C=O) groups is 2. The van der Waals surface area contributed by atoms with Gasteiger partial charge in [0.15, 0.2) is 0 Å². The monoisotopic (exact) mass is 390 g/mol. The van der Waals surface area contributed by atoms with Gasteiger partial charge >= 0.3 is 6.03 Å². The molecule has 23 heavy (non-hydrogen) atoms. The summed E-state index contributed by atoms with van der Waals surface area (Å²) in [4.78, 5) is 25.8. The predicted molar refractivity (Wildman–Crippen MR) is 89.1 cm³/mol. The maximum absolute atomic E-state index is 11.0. The van der Waals surface area contributed by atoms with E-state index < -0.39 is 5.91 Å². The summed E-state index contributed by atoms with van der Waals surface area (Å²) in [5.41, 5.74) is 5.35. The van der Waals surface area contributed by atoms with Crippen molar-refractivity contribution >= 4 is 27.9 Å². The molecule has 0 spiro atoms. The molecule has 3 rings (SSSR count). The zero-order valence-electron chi connectivity index (χ0n) is 13.4. The molecule has 2 aliphatic rings. The molecule has 130 valence electrons. The number of fused-ring (bicyclic) bond motifs is 1. The summed E-state index contributed by atoms with van der Waals surface area (Å²) in [7, 11) is 5.03. The van der Waals surface area contributed by atoms with Crippen LogP contribution in [0.5, 0.6) is 0 Å². The number of rotatable bonds is 1. The highest BCUT2D eigenvalue weighted by Crippen LogP contribution is 2.27. The van der Waals surface area contributed by atoms with E-state index in [0.29, 0.717) is 12.1 Å². The van der Waals surface area contributed by atoms with Crippen molar-refractivity contribution in [3.05, 3.63) is 22.4 Å². The molecule has 1 aromatic heterocycles. The molecular formula is C14H23BrN4O4. The van der Waals surface area contributed by atoms with Gasteiger partial charge in [-0.15, -0.1) is 0 Å². The highest BCUT2D eigenvalue weighted by molar-refractivity contribution is 9.10. The van der Waals surface area contributed by atoms with Gasteiger partial charge in [0.1, 0.15) is 5.69 Å². The summed E-state index contributed by atoms with van der Waals surface area (Å²) in [6, 6.07) is 3.74. The molecule has 0 aromatic carbocycles. The van der Waals surface area contributed by atoms with E-state index in [-0.39, 0.29) is 24.2 Å². The van der Waals surface area contributed by atoms with Crippen LogP contribution in [0.2, 0.25) is 0 Å². The van der Waals surface area contributed by atoms with Crippen molar-refractivity contribution in [2.24, 2.45) is 5.73 Å². The molecule has 1 aliphatic heterocycles. The number of urea groups is 1. The Hall–Kier alpha value is -1.58. The average molecular weight is 391 g/mol. The quantitative estimate of drug-likeness (QED) is 0.562. The number of nitrogens with two attached hydrogens (primary N) is 1. The van der Waals surface area contributed by atoms with Crippen molar-refractivity contribution in [1.82, 2.24) is 15.2 Å². The first-order valence-corrected chi connectivity index (χ1v) is 7.85. The SMILES string of the molecule is CN1C(=O)NC2C[C@@H](O)CC21.COC.NC(=O)c1ccc(Br)[nH]1. The number of amides is 3. The Morgan fingerprint density at radius 3 is 2.43 bits per heavy atom. The van der Waals surface area contributed by atoms with E-state index >= 15 is 0 Å². The summed E-state index contributed by atoms with van der Waals surface area (Å²) >= 11 is 3.14. The van der Waals surface area contributed by atoms with Crippen LogP contribution in [0.25, 0.3) is 0 Å². The second-order valence-electron chi connectivity index (χ2n) is 5.35. The van der Waals surface area contributed by atoms with Crippen molar-refractivity contribution in [1.29, 1.82) is 0 Å². The van der Waals surface area contributed by atoms with Gasteiger partial charge in [-0.1, -0.05) is 0 Å². The molecule has 9 heteroatoms. The van der Waals surface area contributed by atoms with E-state index in [1.165, 1.54) is 0 Å². The lowest BCUT2D eigenvalue weighted by atomic mass is 10.2. The number of H-pyrrole nitrogens is 1. The van der Waals surface area contributed by atoms with Crippen LogP contribution in [-0.2, 0) is 4.74 Å². The average Bonchev–Trinajstić information content (AvgIpc) is 3.11. The molecule has 1 saturated carbocycles. The first kappa shape index (κ1) is 19.5. The number of aromatic nitrogens is 1. The second kappa shape index (κ2) is 8.90. The van der Waals surface area contributed by atoms with E-state index in [9.17, 15) is 14.7 Å². The van der Waals surface area contributed by atoms with Gasteiger partial charge in [0.05, 0.1) is 22.8 Å². The van der Waals surface area contributed by atoms with E-state index in [2.05, 4.69) is 31.0 Å². The Balaban J connectivity index is 0.000000200. The Morgan fingerprint density at radius 1 is 1.43 bits per heavy atom. The van der Waals surface area contributed by atoms with Crippen LogP contribution in [0, 0.1) is 0 Å². The third-order valence-corrected chi connectivity index (χ3v) is 4.01. The van der Waals surface area contributed by atoms with Gasteiger partial charge in [0, 0.05) is 21.3 Å². The lowest BCUT2D eigenvalue weighted by molar-refractivity contribution is 0.0996. The van der Waals surface area contributed by atoms with E-state index in [4.69, 9.17) is 5.73 Å². The Bertz CT molecular complexity index is 537. The van der Waals surface area contributed by atoms with Crippen LogP contribution < -0.4 is 11.1 Å². The second-order valence-corrected chi connectivity index (χ2v) is 6.21. The topological polar surface area (TPSA) is 121 Å². The molecule has 0 radical (unpaired) electrons.